The van der Waals surface area contributed by atoms with Crippen molar-refractivity contribution in [2.45, 2.75) is 32.0 Å². The van der Waals surface area contributed by atoms with E-state index in [-0.39, 0.29) is 22.9 Å². The maximum absolute atomic E-state index is 12.8. The molecular weight excluding hydrogens is 371 g/mol. The van der Waals surface area contributed by atoms with Gasteiger partial charge in [0.1, 0.15) is 6.54 Å². The third-order valence-corrected chi connectivity index (χ3v) is 4.26. The highest BCUT2D eigenvalue weighted by atomic mass is 19.4. The highest BCUT2D eigenvalue weighted by molar-refractivity contribution is 5.96. The predicted octanol–water partition coefficient (Wildman–Crippen LogP) is 2.52. The molecule has 0 saturated heterocycles. The average Bonchev–Trinajstić information content (AvgIpc) is 3.40. The summed E-state index contributed by atoms with van der Waals surface area (Å²) in [5, 5.41) is 10.7. The first-order valence-corrected chi connectivity index (χ1v) is 8.07. The summed E-state index contributed by atoms with van der Waals surface area (Å²) in [5.41, 5.74) is 4.77. The first-order valence-electron chi connectivity index (χ1n) is 8.07. The van der Waals surface area contributed by atoms with Crippen molar-refractivity contribution in [2.75, 3.05) is 18.9 Å². The van der Waals surface area contributed by atoms with Gasteiger partial charge in [-0.05, 0) is 31.7 Å². The van der Waals surface area contributed by atoms with Crippen LogP contribution in [0.4, 0.5) is 24.5 Å². The Bertz CT molecular complexity index is 749. The molecule has 1 aromatic rings. The van der Waals surface area contributed by atoms with Crippen LogP contribution in [0, 0.1) is 16.0 Å². The van der Waals surface area contributed by atoms with E-state index in [1.165, 1.54) is 6.92 Å². The molecule has 0 radical (unpaired) electrons. The maximum atomic E-state index is 12.8. The summed E-state index contributed by atoms with van der Waals surface area (Å²) < 4.78 is 43.0. The summed E-state index contributed by atoms with van der Waals surface area (Å²) in [6.07, 6.45) is -3.10. The molecule has 0 aliphatic heterocycles. The molecule has 0 spiro atoms. The van der Waals surface area contributed by atoms with Crippen molar-refractivity contribution >= 4 is 23.3 Å². The minimum Gasteiger partial charge on any atom is -0.452 e. The lowest BCUT2D eigenvalue weighted by atomic mass is 10.1. The van der Waals surface area contributed by atoms with E-state index in [1.54, 1.807) is 0 Å². The first kappa shape index (κ1) is 20.5. The monoisotopic (exact) mass is 389 g/mol. The highest BCUT2D eigenvalue weighted by Gasteiger charge is 2.40. The number of benzene rings is 1. The molecule has 1 aliphatic carbocycles. The lowest BCUT2D eigenvalue weighted by molar-refractivity contribution is -0.384. The van der Waals surface area contributed by atoms with Crippen LogP contribution in [0.3, 0.4) is 0 Å². The Kier molecular flexibility index (Phi) is 5.91. The molecule has 27 heavy (non-hydrogen) atoms. The van der Waals surface area contributed by atoms with Gasteiger partial charge in [0.25, 0.3) is 11.6 Å². The number of anilines is 1. The highest BCUT2D eigenvalue weighted by Crippen LogP contribution is 2.36. The van der Waals surface area contributed by atoms with Gasteiger partial charge in [0.15, 0.2) is 6.61 Å². The number of amides is 1. The van der Waals surface area contributed by atoms with Gasteiger partial charge < -0.3 is 15.4 Å². The van der Waals surface area contributed by atoms with E-state index < -0.39 is 42.2 Å². The number of nitrogen functional groups attached to an aromatic ring is 1. The molecule has 1 fully saturated rings. The number of nitro benzene ring substituents is 1. The van der Waals surface area contributed by atoms with Crippen LogP contribution in [0.1, 0.15) is 30.1 Å². The fourth-order valence-corrected chi connectivity index (χ4v) is 2.62. The number of hydrogen-bond donors (Lipinski definition) is 1. The third kappa shape index (κ3) is 5.56. The SMILES string of the molecule is CC(C1CC1)N(CC(F)(F)F)C(=O)COC(=O)c1ccc([N+](=O)[O-])cc1N. The number of halogens is 3. The molecule has 11 heteroatoms. The maximum Gasteiger partial charge on any atom is 0.406 e. The van der Waals surface area contributed by atoms with Crippen LogP contribution in [0.15, 0.2) is 18.2 Å². The summed E-state index contributed by atoms with van der Waals surface area (Å²) >= 11 is 0. The van der Waals surface area contributed by atoms with Gasteiger partial charge in [-0.1, -0.05) is 0 Å². The average molecular weight is 389 g/mol. The number of rotatable bonds is 7. The fraction of sp³-hybridized carbons (Fsp3) is 0.500. The zero-order valence-electron chi connectivity index (χ0n) is 14.4. The summed E-state index contributed by atoms with van der Waals surface area (Å²) in [6.45, 7) is -0.791. The second kappa shape index (κ2) is 7.80. The zero-order valence-corrected chi connectivity index (χ0v) is 14.4. The van der Waals surface area contributed by atoms with Crippen molar-refractivity contribution in [1.82, 2.24) is 4.90 Å². The first-order chi connectivity index (χ1) is 12.5. The van der Waals surface area contributed by atoms with Gasteiger partial charge in [-0.2, -0.15) is 13.2 Å². The standard InChI is InChI=1S/C16H18F3N3O5/c1-9(10-2-3-10)21(8-16(17,18)19)14(23)7-27-15(24)12-5-4-11(22(25)26)6-13(12)20/h4-6,9-10H,2-3,7-8,20H2,1H3. The topological polar surface area (TPSA) is 116 Å². The number of nitrogens with two attached hydrogens (primary N) is 1. The van der Waals surface area contributed by atoms with E-state index in [0.29, 0.717) is 4.90 Å². The van der Waals surface area contributed by atoms with Gasteiger partial charge >= 0.3 is 12.1 Å². The van der Waals surface area contributed by atoms with Gasteiger partial charge in [-0.3, -0.25) is 14.9 Å². The zero-order chi connectivity index (χ0) is 20.4. The number of nitro groups is 1. The summed E-state index contributed by atoms with van der Waals surface area (Å²) in [6, 6.07) is 2.41. The smallest absolute Gasteiger partial charge is 0.406 e. The molecule has 2 rings (SSSR count). The number of hydrogen-bond acceptors (Lipinski definition) is 6. The number of alkyl halides is 3. The summed E-state index contributed by atoms with van der Waals surface area (Å²) in [4.78, 5) is 34.8. The van der Waals surface area contributed by atoms with Crippen LogP contribution in [0.25, 0.3) is 0 Å². The second-order valence-corrected chi connectivity index (χ2v) is 6.32. The Morgan fingerprint density at radius 2 is 2.04 bits per heavy atom. The van der Waals surface area contributed by atoms with Gasteiger partial charge in [0.05, 0.1) is 16.2 Å². The van der Waals surface area contributed by atoms with Crippen molar-refractivity contribution in [3.63, 3.8) is 0 Å². The molecule has 148 valence electrons. The van der Waals surface area contributed by atoms with Crippen molar-refractivity contribution < 1.29 is 32.4 Å². The van der Waals surface area contributed by atoms with Crippen LogP contribution in [0.2, 0.25) is 0 Å². The number of ether oxygens (including phenoxy) is 1. The molecular formula is C16H18F3N3O5. The minimum absolute atomic E-state index is 0.00248. The van der Waals surface area contributed by atoms with Crippen molar-refractivity contribution in [3.8, 4) is 0 Å². The number of carbonyl (C=O) groups excluding carboxylic acids is 2. The molecule has 1 unspecified atom stereocenters. The van der Waals surface area contributed by atoms with E-state index in [4.69, 9.17) is 10.5 Å². The molecule has 0 heterocycles. The molecule has 1 saturated carbocycles. The number of esters is 1. The van der Waals surface area contributed by atoms with Crippen LogP contribution in [-0.2, 0) is 9.53 Å². The van der Waals surface area contributed by atoms with Crippen molar-refractivity contribution in [1.29, 1.82) is 0 Å². The molecule has 2 N–H and O–H groups in total. The Morgan fingerprint density at radius 1 is 1.41 bits per heavy atom. The van der Waals surface area contributed by atoms with Gasteiger partial charge in [-0.15, -0.1) is 0 Å². The third-order valence-electron chi connectivity index (χ3n) is 4.26. The van der Waals surface area contributed by atoms with Gasteiger partial charge in [-0.25, -0.2) is 4.79 Å². The van der Waals surface area contributed by atoms with Crippen molar-refractivity contribution in [3.05, 3.63) is 33.9 Å². The number of nitrogens with zero attached hydrogens (tertiary/aromatic N) is 2. The summed E-state index contributed by atoms with van der Waals surface area (Å²) in [5.74, 6) is -2.03. The Labute approximate surface area is 152 Å². The lowest BCUT2D eigenvalue weighted by Crippen LogP contribution is -2.47. The predicted molar refractivity (Wildman–Crippen MR) is 87.7 cm³/mol. The largest absolute Gasteiger partial charge is 0.452 e. The minimum atomic E-state index is -4.58. The Morgan fingerprint density at radius 3 is 2.52 bits per heavy atom. The molecule has 8 nitrogen and oxygen atoms in total. The van der Waals surface area contributed by atoms with Crippen LogP contribution < -0.4 is 5.73 Å². The molecule has 1 amide bonds. The van der Waals surface area contributed by atoms with Gasteiger partial charge in [0.2, 0.25) is 0 Å². The molecule has 1 aromatic carbocycles. The summed E-state index contributed by atoms with van der Waals surface area (Å²) in [7, 11) is 0. The second-order valence-electron chi connectivity index (χ2n) is 6.32. The van der Waals surface area contributed by atoms with E-state index in [1.807, 2.05) is 0 Å². The normalized spacial score (nSPS) is 15.1. The molecule has 1 atom stereocenters. The number of non-ortho nitro benzene ring substituents is 1. The van der Waals surface area contributed by atoms with E-state index >= 15 is 0 Å². The Hall–Kier alpha value is -2.85. The fourth-order valence-electron chi connectivity index (χ4n) is 2.62. The van der Waals surface area contributed by atoms with Gasteiger partial charge in [0, 0.05) is 18.2 Å². The van der Waals surface area contributed by atoms with E-state index in [0.717, 1.165) is 31.0 Å². The van der Waals surface area contributed by atoms with Crippen LogP contribution >= 0.6 is 0 Å². The van der Waals surface area contributed by atoms with Crippen LogP contribution in [-0.4, -0.2) is 47.1 Å². The van der Waals surface area contributed by atoms with E-state index in [2.05, 4.69) is 0 Å². The Balaban J connectivity index is 2.03. The lowest BCUT2D eigenvalue weighted by Gasteiger charge is -2.30. The molecule has 1 aliphatic rings. The molecule has 0 aromatic heterocycles. The number of carbonyl (C=O) groups is 2. The van der Waals surface area contributed by atoms with Crippen LogP contribution in [0.5, 0.6) is 0 Å². The quantitative estimate of drug-likeness (QED) is 0.332. The molecule has 0 bridgehead atoms. The van der Waals surface area contributed by atoms with E-state index in [9.17, 15) is 32.9 Å². The van der Waals surface area contributed by atoms with Crippen molar-refractivity contribution in [2.24, 2.45) is 5.92 Å².